The molecule has 0 unspecified atom stereocenters. The number of carbonyl (C=O) groups is 1. The van der Waals surface area contributed by atoms with Crippen LogP contribution < -0.4 is 4.90 Å². The number of ether oxygens (including phenoxy) is 1. The first-order valence-electron chi connectivity index (χ1n) is 6.77. The number of nitro groups is 1. The average Bonchev–Trinajstić information content (AvgIpc) is 2.48. The first-order chi connectivity index (χ1) is 10.0. The van der Waals surface area contributed by atoms with E-state index in [1.807, 2.05) is 4.90 Å². The van der Waals surface area contributed by atoms with Crippen molar-refractivity contribution in [2.45, 2.75) is 19.3 Å². The van der Waals surface area contributed by atoms with Crippen LogP contribution in [0.3, 0.4) is 0 Å². The molecular weight excluding hydrogens is 279 g/mol. The molecule has 1 saturated heterocycles. The Morgan fingerprint density at radius 3 is 2.71 bits per heavy atom. The van der Waals surface area contributed by atoms with E-state index in [9.17, 15) is 19.3 Å². The third-order valence-corrected chi connectivity index (χ3v) is 3.77. The molecule has 0 atom stereocenters. The zero-order valence-corrected chi connectivity index (χ0v) is 11.8. The number of nitro benzene ring substituents is 1. The monoisotopic (exact) mass is 296 g/mol. The Labute approximate surface area is 121 Å². The van der Waals surface area contributed by atoms with Crippen LogP contribution in [0.4, 0.5) is 15.8 Å². The van der Waals surface area contributed by atoms with E-state index in [-0.39, 0.29) is 17.6 Å². The van der Waals surface area contributed by atoms with Crippen molar-refractivity contribution in [3.8, 4) is 0 Å². The summed E-state index contributed by atoms with van der Waals surface area (Å²) in [7, 11) is 1.36. The number of methoxy groups -OCH3 is 1. The van der Waals surface area contributed by atoms with Gasteiger partial charge in [0.05, 0.1) is 18.1 Å². The number of piperidine rings is 1. The lowest BCUT2D eigenvalue weighted by Gasteiger charge is -2.32. The van der Waals surface area contributed by atoms with Gasteiger partial charge in [-0.15, -0.1) is 0 Å². The zero-order valence-electron chi connectivity index (χ0n) is 11.8. The van der Waals surface area contributed by atoms with Crippen LogP contribution in [-0.4, -0.2) is 31.1 Å². The Morgan fingerprint density at radius 2 is 2.14 bits per heavy atom. The zero-order chi connectivity index (χ0) is 15.4. The molecule has 114 valence electrons. The van der Waals surface area contributed by atoms with Crippen LogP contribution in [0.5, 0.6) is 0 Å². The Kier molecular flexibility index (Phi) is 4.72. The van der Waals surface area contributed by atoms with Crippen molar-refractivity contribution >= 4 is 17.3 Å². The maximum absolute atomic E-state index is 13.1. The third kappa shape index (κ3) is 3.68. The highest BCUT2D eigenvalue weighted by Crippen LogP contribution is 2.32. The average molecular weight is 296 g/mol. The fourth-order valence-corrected chi connectivity index (χ4v) is 2.61. The van der Waals surface area contributed by atoms with Gasteiger partial charge in [0.2, 0.25) is 0 Å². The van der Waals surface area contributed by atoms with E-state index in [1.165, 1.54) is 19.2 Å². The van der Waals surface area contributed by atoms with E-state index in [1.54, 1.807) is 0 Å². The number of halogens is 1. The van der Waals surface area contributed by atoms with E-state index in [2.05, 4.69) is 4.74 Å². The fourth-order valence-electron chi connectivity index (χ4n) is 2.61. The van der Waals surface area contributed by atoms with Crippen LogP contribution in [0.15, 0.2) is 18.2 Å². The molecule has 0 radical (unpaired) electrons. The standard InChI is InChI=1S/C14H17FN2O4/c1-21-14(18)8-10-4-6-16(7-5-10)12-3-2-11(15)9-13(12)17(19)20/h2-3,9-10H,4-8H2,1H3. The van der Waals surface area contributed by atoms with E-state index >= 15 is 0 Å². The van der Waals surface area contributed by atoms with Crippen molar-refractivity contribution in [3.63, 3.8) is 0 Å². The first kappa shape index (κ1) is 15.2. The number of rotatable bonds is 4. The van der Waals surface area contributed by atoms with Crippen LogP contribution in [0, 0.1) is 21.8 Å². The smallest absolute Gasteiger partial charge is 0.305 e. The second kappa shape index (κ2) is 6.51. The number of benzene rings is 1. The molecule has 6 nitrogen and oxygen atoms in total. The minimum absolute atomic E-state index is 0.221. The van der Waals surface area contributed by atoms with E-state index in [0.717, 1.165) is 18.9 Å². The third-order valence-electron chi connectivity index (χ3n) is 3.77. The summed E-state index contributed by atoms with van der Waals surface area (Å²) in [6.07, 6.45) is 1.88. The lowest BCUT2D eigenvalue weighted by Crippen LogP contribution is -2.34. The molecule has 0 saturated carbocycles. The van der Waals surface area contributed by atoms with Gasteiger partial charge >= 0.3 is 5.97 Å². The largest absolute Gasteiger partial charge is 0.469 e. The van der Waals surface area contributed by atoms with E-state index < -0.39 is 10.7 Å². The highest BCUT2D eigenvalue weighted by atomic mass is 19.1. The topological polar surface area (TPSA) is 72.7 Å². The lowest BCUT2D eigenvalue weighted by atomic mass is 9.93. The van der Waals surface area contributed by atoms with Crippen molar-refractivity contribution < 1.29 is 18.8 Å². The summed E-state index contributed by atoms with van der Waals surface area (Å²) < 4.78 is 17.8. The SMILES string of the molecule is COC(=O)CC1CCN(c2ccc(F)cc2[N+](=O)[O-])CC1. The molecule has 21 heavy (non-hydrogen) atoms. The van der Waals surface area contributed by atoms with Crippen molar-refractivity contribution in [1.82, 2.24) is 0 Å². The normalized spacial score (nSPS) is 15.8. The summed E-state index contributed by atoms with van der Waals surface area (Å²) in [6, 6.07) is 3.60. The van der Waals surface area contributed by atoms with Gasteiger partial charge in [-0.2, -0.15) is 0 Å². The molecule has 0 bridgehead atoms. The Morgan fingerprint density at radius 1 is 1.48 bits per heavy atom. The minimum Gasteiger partial charge on any atom is -0.469 e. The number of hydrogen-bond donors (Lipinski definition) is 0. The quantitative estimate of drug-likeness (QED) is 0.485. The van der Waals surface area contributed by atoms with Gasteiger partial charge < -0.3 is 9.64 Å². The predicted octanol–water partition coefficient (Wildman–Crippen LogP) is 2.51. The molecule has 1 fully saturated rings. The maximum atomic E-state index is 13.1. The Balaban J connectivity index is 2.05. The number of nitrogens with zero attached hydrogens (tertiary/aromatic N) is 2. The van der Waals surface area contributed by atoms with Crippen molar-refractivity contribution in [1.29, 1.82) is 0 Å². The van der Waals surface area contributed by atoms with Gasteiger partial charge in [0, 0.05) is 19.5 Å². The van der Waals surface area contributed by atoms with E-state index in [0.29, 0.717) is 25.2 Å². The van der Waals surface area contributed by atoms with Crippen molar-refractivity contribution in [2.75, 3.05) is 25.1 Å². The van der Waals surface area contributed by atoms with Gasteiger partial charge in [-0.25, -0.2) is 4.39 Å². The summed E-state index contributed by atoms with van der Waals surface area (Å²) in [4.78, 5) is 23.6. The van der Waals surface area contributed by atoms with E-state index in [4.69, 9.17) is 0 Å². The van der Waals surface area contributed by atoms with Crippen LogP contribution in [0.1, 0.15) is 19.3 Å². The number of anilines is 1. The molecular formula is C14H17FN2O4. The molecule has 2 rings (SSSR count). The summed E-state index contributed by atoms with van der Waals surface area (Å²) in [6.45, 7) is 1.21. The van der Waals surface area contributed by atoms with Gasteiger partial charge in [-0.3, -0.25) is 14.9 Å². The van der Waals surface area contributed by atoms with Crippen LogP contribution >= 0.6 is 0 Å². The molecule has 0 N–H and O–H groups in total. The molecule has 0 spiro atoms. The molecule has 1 aliphatic heterocycles. The van der Waals surface area contributed by atoms with Crippen LogP contribution in [0.2, 0.25) is 0 Å². The molecule has 0 amide bonds. The molecule has 7 heteroatoms. The van der Waals surface area contributed by atoms with Gasteiger partial charge in [0.25, 0.3) is 5.69 Å². The Bertz CT molecular complexity index is 542. The predicted molar refractivity (Wildman–Crippen MR) is 74.6 cm³/mol. The summed E-state index contributed by atoms with van der Waals surface area (Å²) in [5, 5.41) is 11.0. The lowest BCUT2D eigenvalue weighted by molar-refractivity contribution is -0.384. The van der Waals surface area contributed by atoms with Gasteiger partial charge in [-0.1, -0.05) is 0 Å². The second-order valence-corrected chi connectivity index (χ2v) is 5.10. The fraction of sp³-hybridized carbons (Fsp3) is 0.500. The highest BCUT2D eigenvalue weighted by Gasteiger charge is 2.26. The number of carbonyl (C=O) groups excluding carboxylic acids is 1. The Hall–Kier alpha value is -2.18. The van der Waals surface area contributed by atoms with Crippen LogP contribution in [-0.2, 0) is 9.53 Å². The minimum atomic E-state index is -0.619. The molecule has 1 aliphatic rings. The van der Waals surface area contributed by atoms with Gasteiger partial charge in [0.1, 0.15) is 11.5 Å². The number of hydrogen-bond acceptors (Lipinski definition) is 5. The van der Waals surface area contributed by atoms with Crippen molar-refractivity contribution in [2.24, 2.45) is 5.92 Å². The maximum Gasteiger partial charge on any atom is 0.305 e. The summed E-state index contributed by atoms with van der Waals surface area (Å²) >= 11 is 0. The summed E-state index contributed by atoms with van der Waals surface area (Å²) in [5.74, 6) is -0.625. The van der Waals surface area contributed by atoms with Gasteiger partial charge in [0.15, 0.2) is 0 Å². The summed E-state index contributed by atoms with van der Waals surface area (Å²) in [5.41, 5.74) is 0.208. The molecule has 0 aromatic heterocycles. The highest BCUT2D eigenvalue weighted by molar-refractivity contribution is 5.69. The molecule has 1 heterocycles. The van der Waals surface area contributed by atoms with Gasteiger partial charge in [-0.05, 0) is 30.9 Å². The van der Waals surface area contributed by atoms with Crippen molar-refractivity contribution in [3.05, 3.63) is 34.1 Å². The second-order valence-electron chi connectivity index (χ2n) is 5.10. The molecule has 0 aliphatic carbocycles. The molecule has 1 aromatic rings. The van der Waals surface area contributed by atoms with Crippen LogP contribution in [0.25, 0.3) is 0 Å². The molecule has 1 aromatic carbocycles. The number of esters is 1. The first-order valence-corrected chi connectivity index (χ1v) is 6.77.